The number of carbonyl (C=O) groups excluding carboxylic acids is 3. The minimum atomic E-state index is -0.773. The highest BCUT2D eigenvalue weighted by Gasteiger charge is 2.29. The lowest BCUT2D eigenvalue weighted by Gasteiger charge is -2.32. The lowest BCUT2D eigenvalue weighted by Crippen LogP contribution is -2.53. The van der Waals surface area contributed by atoms with Crippen LogP contribution in [-0.4, -0.2) is 39.6 Å². The molecule has 3 rings (SSSR count). The average Bonchev–Trinajstić information content (AvgIpc) is 3.13. The maximum atomic E-state index is 12.5. The maximum absolute atomic E-state index is 12.5. The van der Waals surface area contributed by atoms with Gasteiger partial charge in [0.2, 0.25) is 5.91 Å². The molecule has 3 amide bonds. The van der Waals surface area contributed by atoms with Crippen molar-refractivity contribution in [3.8, 4) is 0 Å². The third-order valence-corrected chi connectivity index (χ3v) is 5.40. The Morgan fingerprint density at radius 3 is 2.72 bits per heavy atom. The van der Waals surface area contributed by atoms with Crippen LogP contribution in [0, 0.1) is 6.92 Å². The Hall–Kier alpha value is -3.20. The molecule has 4 N–H and O–H groups in total. The molecule has 0 radical (unpaired) electrons. The SMILES string of the molecule is CCCC1CC(=O)NC(n2nc(C)cc2NC(=O)C(=O)NC(C)CCc2ccccc2)N1. The number of anilines is 1. The summed E-state index contributed by atoms with van der Waals surface area (Å²) in [5, 5.41) is 15.9. The number of amides is 3. The van der Waals surface area contributed by atoms with Crippen molar-refractivity contribution < 1.29 is 14.4 Å². The smallest absolute Gasteiger partial charge is 0.314 e. The van der Waals surface area contributed by atoms with Gasteiger partial charge in [0.05, 0.1) is 5.69 Å². The van der Waals surface area contributed by atoms with E-state index in [1.165, 1.54) is 10.2 Å². The van der Waals surface area contributed by atoms with Crippen LogP contribution in [0.15, 0.2) is 36.4 Å². The monoisotopic (exact) mass is 440 g/mol. The first kappa shape index (κ1) is 23.5. The first-order chi connectivity index (χ1) is 15.4. The van der Waals surface area contributed by atoms with Crippen molar-refractivity contribution in [1.82, 2.24) is 25.7 Å². The van der Waals surface area contributed by atoms with Crippen LogP contribution >= 0.6 is 0 Å². The molecule has 0 saturated carbocycles. The predicted molar refractivity (Wildman–Crippen MR) is 122 cm³/mol. The Bertz CT molecular complexity index is 942. The molecule has 0 aliphatic carbocycles. The van der Waals surface area contributed by atoms with E-state index in [4.69, 9.17) is 0 Å². The van der Waals surface area contributed by atoms with Crippen LogP contribution in [0.3, 0.4) is 0 Å². The lowest BCUT2D eigenvalue weighted by molar-refractivity contribution is -0.136. The summed E-state index contributed by atoms with van der Waals surface area (Å²) in [7, 11) is 0. The van der Waals surface area contributed by atoms with E-state index >= 15 is 0 Å². The lowest BCUT2D eigenvalue weighted by atomic mass is 10.1. The molecule has 9 heteroatoms. The Balaban J connectivity index is 1.58. The number of rotatable bonds is 8. The standard InChI is InChI=1S/C23H32N6O3/c1-4-8-18-14-20(30)27-23(25-18)29-19(13-16(3)28-29)26-22(32)21(31)24-15(2)11-12-17-9-6-5-7-10-17/h5-7,9-10,13,15,18,23,25H,4,8,11-12,14H2,1-3H3,(H,24,31)(H,26,32)(H,27,30). The van der Waals surface area contributed by atoms with E-state index in [0.29, 0.717) is 17.9 Å². The van der Waals surface area contributed by atoms with Crippen LogP contribution in [0.25, 0.3) is 0 Å². The molecule has 9 nitrogen and oxygen atoms in total. The molecule has 1 aliphatic rings. The summed E-state index contributed by atoms with van der Waals surface area (Å²) in [6.07, 6.45) is 3.13. The number of hydrogen-bond acceptors (Lipinski definition) is 5. The van der Waals surface area contributed by atoms with Gasteiger partial charge < -0.3 is 16.0 Å². The van der Waals surface area contributed by atoms with E-state index in [0.717, 1.165) is 25.7 Å². The first-order valence-electron chi connectivity index (χ1n) is 11.1. The molecule has 3 unspecified atom stereocenters. The van der Waals surface area contributed by atoms with Crippen LogP contribution in [0.2, 0.25) is 0 Å². The van der Waals surface area contributed by atoms with E-state index in [1.54, 1.807) is 13.0 Å². The molecule has 1 aliphatic heterocycles. The normalized spacial score (nSPS) is 19.2. The predicted octanol–water partition coefficient (Wildman–Crippen LogP) is 2.00. The molecule has 172 valence electrons. The van der Waals surface area contributed by atoms with Gasteiger partial charge in [-0.1, -0.05) is 43.7 Å². The minimum Gasteiger partial charge on any atom is -0.345 e. The van der Waals surface area contributed by atoms with Gasteiger partial charge in [-0.25, -0.2) is 4.68 Å². The van der Waals surface area contributed by atoms with Gasteiger partial charge in [-0.05, 0) is 38.7 Å². The molecular formula is C23H32N6O3. The zero-order chi connectivity index (χ0) is 23.1. The Kier molecular flexibility index (Phi) is 7.99. The van der Waals surface area contributed by atoms with Gasteiger partial charge in [0.15, 0.2) is 6.29 Å². The molecular weight excluding hydrogens is 408 g/mol. The van der Waals surface area contributed by atoms with Crippen molar-refractivity contribution in [2.45, 2.75) is 71.2 Å². The summed E-state index contributed by atoms with van der Waals surface area (Å²) < 4.78 is 1.50. The Labute approximate surface area is 188 Å². The van der Waals surface area contributed by atoms with Crippen molar-refractivity contribution in [1.29, 1.82) is 0 Å². The second kappa shape index (κ2) is 10.9. The zero-order valence-electron chi connectivity index (χ0n) is 18.9. The summed E-state index contributed by atoms with van der Waals surface area (Å²) in [4.78, 5) is 37.1. The van der Waals surface area contributed by atoms with Crippen molar-refractivity contribution in [2.24, 2.45) is 0 Å². The largest absolute Gasteiger partial charge is 0.345 e. The molecule has 32 heavy (non-hydrogen) atoms. The van der Waals surface area contributed by atoms with Crippen LogP contribution in [-0.2, 0) is 20.8 Å². The quantitative estimate of drug-likeness (QED) is 0.469. The number of hydrogen-bond donors (Lipinski definition) is 4. The highest BCUT2D eigenvalue weighted by molar-refractivity contribution is 6.39. The van der Waals surface area contributed by atoms with E-state index in [-0.39, 0.29) is 18.0 Å². The van der Waals surface area contributed by atoms with Crippen LogP contribution in [0.5, 0.6) is 0 Å². The summed E-state index contributed by atoms with van der Waals surface area (Å²) in [5.74, 6) is -1.22. The van der Waals surface area contributed by atoms with Crippen molar-refractivity contribution in [3.63, 3.8) is 0 Å². The number of nitrogens with zero attached hydrogens (tertiary/aromatic N) is 2. The van der Waals surface area contributed by atoms with E-state index in [9.17, 15) is 14.4 Å². The van der Waals surface area contributed by atoms with E-state index < -0.39 is 18.1 Å². The molecule has 1 aromatic heterocycles. The second-order valence-electron chi connectivity index (χ2n) is 8.29. The number of aryl methyl sites for hydroxylation is 2. The molecule has 0 spiro atoms. The van der Waals surface area contributed by atoms with E-state index in [1.807, 2.05) is 37.3 Å². The summed E-state index contributed by atoms with van der Waals surface area (Å²) in [6, 6.07) is 11.5. The van der Waals surface area contributed by atoms with Gasteiger partial charge >= 0.3 is 11.8 Å². The van der Waals surface area contributed by atoms with E-state index in [2.05, 4.69) is 33.3 Å². The van der Waals surface area contributed by atoms with Crippen molar-refractivity contribution in [2.75, 3.05) is 5.32 Å². The molecule has 2 aromatic rings. The molecule has 1 aromatic carbocycles. The topological polar surface area (TPSA) is 117 Å². The van der Waals surface area contributed by atoms with Crippen LogP contribution < -0.4 is 21.3 Å². The molecule has 1 saturated heterocycles. The fourth-order valence-corrected chi connectivity index (χ4v) is 3.79. The molecule has 1 fully saturated rings. The maximum Gasteiger partial charge on any atom is 0.314 e. The summed E-state index contributed by atoms with van der Waals surface area (Å²) in [6.45, 7) is 5.72. The van der Waals surface area contributed by atoms with Gasteiger partial charge in [0.25, 0.3) is 0 Å². The fourth-order valence-electron chi connectivity index (χ4n) is 3.79. The van der Waals surface area contributed by atoms with Gasteiger partial charge in [0, 0.05) is 24.6 Å². The Morgan fingerprint density at radius 2 is 2.00 bits per heavy atom. The number of aromatic nitrogens is 2. The van der Waals surface area contributed by atoms with Crippen molar-refractivity contribution >= 4 is 23.5 Å². The third kappa shape index (κ3) is 6.40. The highest BCUT2D eigenvalue weighted by atomic mass is 16.2. The average molecular weight is 441 g/mol. The fraction of sp³-hybridized carbons (Fsp3) is 0.478. The number of nitrogens with one attached hydrogen (secondary N) is 4. The Morgan fingerprint density at radius 1 is 1.25 bits per heavy atom. The zero-order valence-corrected chi connectivity index (χ0v) is 18.9. The first-order valence-corrected chi connectivity index (χ1v) is 11.1. The summed E-state index contributed by atoms with van der Waals surface area (Å²) >= 11 is 0. The molecule has 0 bridgehead atoms. The minimum absolute atomic E-state index is 0.0283. The number of carbonyl (C=O) groups is 3. The highest BCUT2D eigenvalue weighted by Crippen LogP contribution is 2.18. The summed E-state index contributed by atoms with van der Waals surface area (Å²) in [5.41, 5.74) is 1.84. The van der Waals surface area contributed by atoms with Gasteiger partial charge in [0.1, 0.15) is 5.82 Å². The van der Waals surface area contributed by atoms with Crippen LogP contribution in [0.4, 0.5) is 5.82 Å². The van der Waals surface area contributed by atoms with Crippen LogP contribution in [0.1, 0.15) is 57.1 Å². The number of benzene rings is 1. The third-order valence-electron chi connectivity index (χ3n) is 5.40. The van der Waals surface area contributed by atoms with Gasteiger partial charge in [-0.15, -0.1) is 0 Å². The second-order valence-corrected chi connectivity index (χ2v) is 8.29. The molecule has 2 heterocycles. The van der Waals surface area contributed by atoms with Gasteiger partial charge in [-0.2, -0.15) is 5.10 Å². The van der Waals surface area contributed by atoms with Crippen molar-refractivity contribution in [3.05, 3.63) is 47.7 Å². The molecule has 3 atom stereocenters. The van der Waals surface area contributed by atoms with Gasteiger partial charge in [-0.3, -0.25) is 19.7 Å².